The molecule has 0 amide bonds. The predicted molar refractivity (Wildman–Crippen MR) is 69.5 cm³/mol. The van der Waals surface area contributed by atoms with E-state index < -0.39 is 0 Å². The Kier molecular flexibility index (Phi) is 4.17. The molecule has 0 fully saturated rings. The highest BCUT2D eigenvalue weighted by molar-refractivity contribution is 5.16. The molecule has 1 unspecified atom stereocenters. The lowest BCUT2D eigenvalue weighted by atomic mass is 10.0. The number of hydrogen-bond acceptors (Lipinski definition) is 1. The average molecular weight is 215 g/mol. The number of nitrogens with one attached hydrogen (secondary N) is 1. The highest BCUT2D eigenvalue weighted by atomic mass is 14.9. The number of hydrogen-bond donors (Lipinski definition) is 1. The zero-order valence-corrected chi connectivity index (χ0v) is 10.0. The van der Waals surface area contributed by atoms with Gasteiger partial charge >= 0.3 is 0 Å². The third-order valence-electron chi connectivity index (χ3n) is 3.30. The first-order chi connectivity index (χ1) is 7.88. The van der Waals surface area contributed by atoms with E-state index >= 15 is 0 Å². The Morgan fingerprint density at radius 1 is 1.19 bits per heavy atom. The zero-order valence-electron chi connectivity index (χ0n) is 10.0. The maximum atomic E-state index is 3.75. The van der Waals surface area contributed by atoms with Gasteiger partial charge in [0.05, 0.1) is 0 Å². The van der Waals surface area contributed by atoms with E-state index in [4.69, 9.17) is 0 Å². The molecule has 2 rings (SSSR count). The summed E-state index contributed by atoms with van der Waals surface area (Å²) in [5, 5.41) is 3.75. The van der Waals surface area contributed by atoms with Gasteiger partial charge in [0.15, 0.2) is 0 Å². The highest BCUT2D eigenvalue weighted by Gasteiger charge is 2.14. The van der Waals surface area contributed by atoms with Crippen molar-refractivity contribution in [3.05, 3.63) is 48.0 Å². The Bertz CT molecular complexity index is 321. The quantitative estimate of drug-likeness (QED) is 0.743. The summed E-state index contributed by atoms with van der Waals surface area (Å²) in [6, 6.07) is 12.1. The van der Waals surface area contributed by atoms with Crippen LogP contribution in [0.3, 0.4) is 0 Å². The van der Waals surface area contributed by atoms with Crippen molar-refractivity contribution in [1.29, 1.82) is 0 Å². The van der Waals surface area contributed by atoms with Crippen LogP contribution in [0.5, 0.6) is 0 Å². The summed E-state index contributed by atoms with van der Waals surface area (Å²) in [7, 11) is 0. The van der Waals surface area contributed by atoms with Gasteiger partial charge in [-0.05, 0) is 31.2 Å². The molecule has 1 aliphatic rings. The van der Waals surface area contributed by atoms with Crippen LogP contribution in [0, 0.1) is 0 Å². The maximum Gasteiger partial charge on any atom is 0.0139 e. The highest BCUT2D eigenvalue weighted by Crippen LogP contribution is 2.13. The molecule has 0 aliphatic heterocycles. The Labute approximate surface area is 98.6 Å². The van der Waals surface area contributed by atoms with Crippen molar-refractivity contribution >= 4 is 0 Å². The van der Waals surface area contributed by atoms with Crippen LogP contribution in [0.25, 0.3) is 0 Å². The molecule has 16 heavy (non-hydrogen) atoms. The fraction of sp³-hybridized carbons (Fsp3) is 0.467. The largest absolute Gasteiger partial charge is 0.310 e. The van der Waals surface area contributed by atoms with Crippen molar-refractivity contribution < 1.29 is 0 Å². The smallest absolute Gasteiger partial charge is 0.0139 e. The lowest BCUT2D eigenvalue weighted by molar-refractivity contribution is 0.425. The second-order valence-electron chi connectivity index (χ2n) is 4.60. The molecule has 0 heterocycles. The lowest BCUT2D eigenvalue weighted by Gasteiger charge is -2.21. The van der Waals surface area contributed by atoms with E-state index in [-0.39, 0.29) is 0 Å². The molecule has 0 radical (unpaired) electrons. The molecule has 1 aliphatic carbocycles. The van der Waals surface area contributed by atoms with Crippen molar-refractivity contribution in [2.75, 3.05) is 0 Å². The summed E-state index contributed by atoms with van der Waals surface area (Å²) in [6.45, 7) is 2.27. The first-order valence-electron chi connectivity index (χ1n) is 6.33. The van der Waals surface area contributed by atoms with Crippen LogP contribution < -0.4 is 5.32 Å². The van der Waals surface area contributed by atoms with Gasteiger partial charge in [0.1, 0.15) is 0 Å². The summed E-state index contributed by atoms with van der Waals surface area (Å²) in [6.07, 6.45) is 9.32. The standard InChI is InChI=1S/C15H21N/c1-2-14(16-15-10-6-7-11-15)12-13-8-4-3-5-9-13/h3-9,14-16H,2,10-12H2,1H3. The van der Waals surface area contributed by atoms with Gasteiger partial charge in [-0.3, -0.25) is 0 Å². The predicted octanol–water partition coefficient (Wildman–Crippen LogP) is 3.32. The molecule has 1 atom stereocenters. The Hall–Kier alpha value is -1.08. The topological polar surface area (TPSA) is 12.0 Å². The van der Waals surface area contributed by atoms with Crippen LogP contribution in [-0.4, -0.2) is 12.1 Å². The van der Waals surface area contributed by atoms with Crippen LogP contribution in [0.4, 0.5) is 0 Å². The molecule has 86 valence electrons. The van der Waals surface area contributed by atoms with Crippen LogP contribution in [0.1, 0.15) is 31.7 Å². The van der Waals surface area contributed by atoms with Gasteiger partial charge in [-0.15, -0.1) is 0 Å². The van der Waals surface area contributed by atoms with Crippen molar-refractivity contribution in [2.24, 2.45) is 0 Å². The van der Waals surface area contributed by atoms with Gasteiger partial charge < -0.3 is 5.32 Å². The fourth-order valence-electron chi connectivity index (χ4n) is 2.31. The number of rotatable bonds is 5. The van der Waals surface area contributed by atoms with Crippen molar-refractivity contribution in [3.8, 4) is 0 Å². The van der Waals surface area contributed by atoms with Gasteiger partial charge in [0, 0.05) is 12.1 Å². The molecule has 0 aromatic heterocycles. The first-order valence-corrected chi connectivity index (χ1v) is 6.33. The van der Waals surface area contributed by atoms with E-state index in [2.05, 4.69) is 54.7 Å². The molecule has 0 bridgehead atoms. The minimum atomic E-state index is 0.618. The summed E-state index contributed by atoms with van der Waals surface area (Å²) >= 11 is 0. The van der Waals surface area contributed by atoms with Crippen molar-refractivity contribution in [3.63, 3.8) is 0 Å². The van der Waals surface area contributed by atoms with E-state index in [1.54, 1.807) is 0 Å². The second-order valence-corrected chi connectivity index (χ2v) is 4.60. The summed E-state index contributed by atoms with van der Waals surface area (Å²) in [5.74, 6) is 0. The molecule has 1 aromatic rings. The van der Waals surface area contributed by atoms with Crippen LogP contribution >= 0.6 is 0 Å². The molecular weight excluding hydrogens is 194 g/mol. The third-order valence-corrected chi connectivity index (χ3v) is 3.30. The Balaban J connectivity index is 1.85. The minimum absolute atomic E-state index is 0.618. The van der Waals surface area contributed by atoms with E-state index in [9.17, 15) is 0 Å². The van der Waals surface area contributed by atoms with Crippen molar-refractivity contribution in [1.82, 2.24) is 5.32 Å². The molecular formula is C15H21N. The van der Waals surface area contributed by atoms with Crippen molar-refractivity contribution in [2.45, 2.75) is 44.7 Å². The normalized spacial score (nSPS) is 17.8. The summed E-state index contributed by atoms with van der Waals surface area (Å²) in [4.78, 5) is 0. The average Bonchev–Trinajstić information content (AvgIpc) is 2.82. The van der Waals surface area contributed by atoms with E-state index in [0.717, 1.165) is 6.42 Å². The first kappa shape index (κ1) is 11.4. The minimum Gasteiger partial charge on any atom is -0.310 e. The third kappa shape index (κ3) is 3.21. The molecule has 0 saturated carbocycles. The van der Waals surface area contributed by atoms with Gasteiger partial charge in [-0.1, -0.05) is 49.4 Å². The van der Waals surface area contributed by atoms with E-state index in [1.165, 1.54) is 24.8 Å². The molecule has 0 saturated heterocycles. The summed E-state index contributed by atoms with van der Waals surface area (Å²) < 4.78 is 0. The Morgan fingerprint density at radius 2 is 1.88 bits per heavy atom. The van der Waals surface area contributed by atoms with Gasteiger partial charge in [-0.2, -0.15) is 0 Å². The van der Waals surface area contributed by atoms with Crippen LogP contribution in [0.15, 0.2) is 42.5 Å². The Morgan fingerprint density at radius 3 is 2.50 bits per heavy atom. The van der Waals surface area contributed by atoms with Gasteiger partial charge in [0.2, 0.25) is 0 Å². The maximum absolute atomic E-state index is 3.75. The zero-order chi connectivity index (χ0) is 11.2. The second kappa shape index (κ2) is 5.86. The lowest BCUT2D eigenvalue weighted by Crippen LogP contribution is -2.37. The van der Waals surface area contributed by atoms with E-state index in [1.807, 2.05) is 0 Å². The fourth-order valence-corrected chi connectivity index (χ4v) is 2.31. The number of benzene rings is 1. The molecule has 1 heteroatoms. The van der Waals surface area contributed by atoms with E-state index in [0.29, 0.717) is 12.1 Å². The van der Waals surface area contributed by atoms with Gasteiger partial charge in [-0.25, -0.2) is 0 Å². The monoisotopic (exact) mass is 215 g/mol. The van der Waals surface area contributed by atoms with Crippen LogP contribution in [-0.2, 0) is 6.42 Å². The molecule has 1 nitrogen and oxygen atoms in total. The molecule has 0 spiro atoms. The van der Waals surface area contributed by atoms with Crippen LogP contribution in [0.2, 0.25) is 0 Å². The molecule has 1 N–H and O–H groups in total. The van der Waals surface area contributed by atoms with Gasteiger partial charge in [0.25, 0.3) is 0 Å². The molecule has 1 aromatic carbocycles. The SMILES string of the molecule is CCC(Cc1ccccc1)NC1CC=CC1. The summed E-state index contributed by atoms with van der Waals surface area (Å²) in [5.41, 5.74) is 1.44.